The number of morpholine rings is 1. The predicted molar refractivity (Wildman–Crippen MR) is 84.3 cm³/mol. The second-order valence-electron chi connectivity index (χ2n) is 5.37. The first kappa shape index (κ1) is 14.7. The third-order valence-corrected chi connectivity index (χ3v) is 4.74. The fraction of sp³-hybridized carbons (Fsp3) is 0.533. The number of hydrogen-bond acceptors (Lipinski definition) is 5. The van der Waals surface area contributed by atoms with Crippen molar-refractivity contribution in [3.63, 3.8) is 0 Å². The Hall–Kier alpha value is -1.21. The van der Waals surface area contributed by atoms with Crippen LogP contribution in [0.5, 0.6) is 0 Å². The molecule has 2 atom stereocenters. The van der Waals surface area contributed by atoms with Gasteiger partial charge in [-0.2, -0.15) is 0 Å². The summed E-state index contributed by atoms with van der Waals surface area (Å²) in [6.45, 7) is 6.65. The van der Waals surface area contributed by atoms with E-state index in [2.05, 4.69) is 44.6 Å². The Morgan fingerprint density at radius 2 is 2.57 bits per heavy atom. The molecule has 0 aliphatic carbocycles. The van der Waals surface area contributed by atoms with Crippen molar-refractivity contribution in [2.75, 3.05) is 26.2 Å². The van der Waals surface area contributed by atoms with Crippen LogP contribution < -0.4 is 5.32 Å². The molecule has 0 unspecified atom stereocenters. The molecule has 0 spiro atoms. The summed E-state index contributed by atoms with van der Waals surface area (Å²) in [7, 11) is 0. The Kier molecular flexibility index (Phi) is 5.03. The normalized spacial score (nSPS) is 21.5. The van der Waals surface area contributed by atoms with Gasteiger partial charge in [-0.25, -0.2) is 4.98 Å². The summed E-state index contributed by atoms with van der Waals surface area (Å²) in [5.74, 6) is 0.982. The molecule has 1 saturated heterocycles. The van der Waals surface area contributed by atoms with Crippen molar-refractivity contribution in [1.29, 1.82) is 0 Å². The van der Waals surface area contributed by atoms with Gasteiger partial charge >= 0.3 is 0 Å². The average Bonchev–Trinajstić information content (AvgIpc) is 3.17. The zero-order valence-electron chi connectivity index (χ0n) is 12.3. The quantitative estimate of drug-likeness (QED) is 0.857. The van der Waals surface area contributed by atoms with Crippen LogP contribution in [0, 0.1) is 0 Å². The first-order valence-electron chi connectivity index (χ1n) is 7.41. The van der Waals surface area contributed by atoms with E-state index in [1.165, 1.54) is 4.88 Å². The third-order valence-electron chi connectivity index (χ3n) is 3.77. The zero-order valence-corrected chi connectivity index (χ0v) is 13.1. The fourth-order valence-corrected chi connectivity index (χ4v) is 3.60. The average molecular weight is 306 g/mol. The lowest BCUT2D eigenvalue weighted by molar-refractivity contribution is -0.0339. The van der Waals surface area contributed by atoms with Crippen LogP contribution >= 0.6 is 11.3 Å². The monoisotopic (exact) mass is 306 g/mol. The standard InChI is InChI=1S/C15H22N4OS/c1-12-11-19(6-7-20-12)13(14-3-2-8-21-14)9-16-10-15-17-4-5-18-15/h2-5,8,12-13,16H,6-7,9-11H2,1H3,(H,17,18)/t12-,13-/m1/s1. The fourth-order valence-electron chi connectivity index (χ4n) is 2.74. The van der Waals surface area contributed by atoms with E-state index in [-0.39, 0.29) is 0 Å². The smallest absolute Gasteiger partial charge is 0.120 e. The molecule has 1 aliphatic heterocycles. The second kappa shape index (κ2) is 7.17. The van der Waals surface area contributed by atoms with Crippen molar-refractivity contribution in [1.82, 2.24) is 20.2 Å². The molecule has 0 bridgehead atoms. The van der Waals surface area contributed by atoms with Crippen molar-refractivity contribution < 1.29 is 4.74 Å². The molecule has 3 heterocycles. The van der Waals surface area contributed by atoms with E-state index in [1.807, 2.05) is 17.5 Å². The van der Waals surface area contributed by atoms with Crippen molar-refractivity contribution >= 4 is 11.3 Å². The molecule has 5 nitrogen and oxygen atoms in total. The maximum absolute atomic E-state index is 5.67. The van der Waals surface area contributed by atoms with Crippen molar-refractivity contribution in [2.24, 2.45) is 0 Å². The number of hydrogen-bond donors (Lipinski definition) is 2. The topological polar surface area (TPSA) is 53.2 Å². The van der Waals surface area contributed by atoms with Gasteiger partial charge in [0.05, 0.1) is 25.3 Å². The highest BCUT2D eigenvalue weighted by Gasteiger charge is 2.25. The summed E-state index contributed by atoms with van der Waals surface area (Å²) >= 11 is 1.83. The molecule has 0 saturated carbocycles. The molecule has 2 aromatic rings. The minimum atomic E-state index is 0.311. The predicted octanol–water partition coefficient (Wildman–Crippen LogP) is 2.02. The maximum Gasteiger partial charge on any atom is 0.120 e. The van der Waals surface area contributed by atoms with Gasteiger partial charge in [0.15, 0.2) is 0 Å². The minimum absolute atomic E-state index is 0.311. The van der Waals surface area contributed by atoms with Crippen LogP contribution in [0.3, 0.4) is 0 Å². The Bertz CT molecular complexity index is 514. The van der Waals surface area contributed by atoms with Crippen molar-refractivity contribution in [3.05, 3.63) is 40.6 Å². The van der Waals surface area contributed by atoms with Crippen LogP contribution in [0.4, 0.5) is 0 Å². The van der Waals surface area contributed by atoms with Crippen LogP contribution in [0.15, 0.2) is 29.9 Å². The molecular formula is C15H22N4OS. The number of ether oxygens (including phenoxy) is 1. The summed E-state index contributed by atoms with van der Waals surface area (Å²) in [5, 5.41) is 5.67. The van der Waals surface area contributed by atoms with Gasteiger partial charge < -0.3 is 15.0 Å². The van der Waals surface area contributed by atoms with Gasteiger partial charge in [-0.15, -0.1) is 11.3 Å². The zero-order chi connectivity index (χ0) is 14.5. The number of imidazole rings is 1. The van der Waals surface area contributed by atoms with Gasteiger partial charge in [-0.05, 0) is 18.4 Å². The Morgan fingerprint density at radius 3 is 3.29 bits per heavy atom. The SMILES string of the molecule is C[C@@H]1CN([C@H](CNCc2ncc[nH]2)c2cccs2)CCO1. The maximum atomic E-state index is 5.67. The lowest BCUT2D eigenvalue weighted by atomic mass is 10.1. The third kappa shape index (κ3) is 3.91. The molecule has 1 fully saturated rings. The van der Waals surface area contributed by atoms with Crippen LogP contribution in [-0.2, 0) is 11.3 Å². The van der Waals surface area contributed by atoms with E-state index in [1.54, 1.807) is 6.20 Å². The van der Waals surface area contributed by atoms with Crippen molar-refractivity contribution in [2.45, 2.75) is 25.6 Å². The van der Waals surface area contributed by atoms with Crippen LogP contribution in [0.2, 0.25) is 0 Å². The molecule has 3 rings (SSSR count). The molecule has 0 amide bonds. The van der Waals surface area contributed by atoms with E-state index >= 15 is 0 Å². The Balaban J connectivity index is 1.62. The van der Waals surface area contributed by atoms with Gasteiger partial charge in [0.2, 0.25) is 0 Å². The largest absolute Gasteiger partial charge is 0.376 e. The number of nitrogens with one attached hydrogen (secondary N) is 2. The lowest BCUT2D eigenvalue weighted by Gasteiger charge is -2.37. The molecule has 2 aromatic heterocycles. The molecule has 21 heavy (non-hydrogen) atoms. The first-order valence-corrected chi connectivity index (χ1v) is 8.29. The highest BCUT2D eigenvalue weighted by molar-refractivity contribution is 7.10. The molecule has 1 aliphatic rings. The number of aromatic nitrogens is 2. The summed E-state index contributed by atoms with van der Waals surface area (Å²) in [6.07, 6.45) is 3.96. The summed E-state index contributed by atoms with van der Waals surface area (Å²) in [4.78, 5) is 11.3. The second-order valence-corrected chi connectivity index (χ2v) is 6.35. The number of aromatic amines is 1. The Labute approximate surface area is 129 Å². The molecule has 0 aromatic carbocycles. The minimum Gasteiger partial charge on any atom is -0.376 e. The van der Waals surface area contributed by atoms with Crippen LogP contribution in [0.25, 0.3) is 0 Å². The van der Waals surface area contributed by atoms with E-state index in [4.69, 9.17) is 4.74 Å². The highest BCUT2D eigenvalue weighted by Crippen LogP contribution is 2.26. The lowest BCUT2D eigenvalue weighted by Crippen LogP contribution is -2.45. The van der Waals surface area contributed by atoms with Gasteiger partial charge in [0.25, 0.3) is 0 Å². The van der Waals surface area contributed by atoms with E-state index in [0.29, 0.717) is 12.1 Å². The number of H-pyrrole nitrogens is 1. The molecular weight excluding hydrogens is 284 g/mol. The van der Waals surface area contributed by atoms with E-state index in [9.17, 15) is 0 Å². The van der Waals surface area contributed by atoms with Gasteiger partial charge in [-0.3, -0.25) is 4.90 Å². The molecule has 114 valence electrons. The summed E-state index contributed by atoms with van der Waals surface area (Å²) < 4.78 is 5.67. The van der Waals surface area contributed by atoms with Crippen LogP contribution in [0.1, 0.15) is 23.7 Å². The molecule has 0 radical (unpaired) electrons. The van der Waals surface area contributed by atoms with Gasteiger partial charge in [0.1, 0.15) is 5.82 Å². The number of nitrogens with zero attached hydrogens (tertiary/aromatic N) is 2. The van der Waals surface area contributed by atoms with Gasteiger partial charge in [-0.1, -0.05) is 6.07 Å². The van der Waals surface area contributed by atoms with Crippen molar-refractivity contribution in [3.8, 4) is 0 Å². The first-order chi connectivity index (χ1) is 10.3. The summed E-state index contributed by atoms with van der Waals surface area (Å²) in [5.41, 5.74) is 0. The molecule has 2 N–H and O–H groups in total. The highest BCUT2D eigenvalue weighted by atomic mass is 32.1. The van der Waals surface area contributed by atoms with E-state index in [0.717, 1.165) is 38.6 Å². The van der Waals surface area contributed by atoms with Gasteiger partial charge in [0, 0.05) is 36.9 Å². The molecule has 6 heteroatoms. The number of thiophene rings is 1. The summed E-state index contributed by atoms with van der Waals surface area (Å²) in [6, 6.07) is 4.76. The van der Waals surface area contributed by atoms with E-state index < -0.39 is 0 Å². The van der Waals surface area contributed by atoms with Crippen LogP contribution in [-0.4, -0.2) is 47.2 Å². The number of rotatable bonds is 6. The Morgan fingerprint density at radius 1 is 1.62 bits per heavy atom.